The SMILES string of the molecule is Cc1sc2nc([C@H](C)OC(=O)c3ccccc3Nc3cccc(C(F)(F)F)c3)[nH]c(=O)c2c1C. The number of nitrogens with one attached hydrogen (secondary N) is 2. The van der Waals surface area contributed by atoms with Crippen LogP contribution in [0.15, 0.2) is 53.3 Å². The summed E-state index contributed by atoms with van der Waals surface area (Å²) < 4.78 is 44.6. The van der Waals surface area contributed by atoms with Gasteiger partial charge < -0.3 is 15.0 Å². The standard InChI is InChI=1S/C24H20F3N3O3S/c1-12-14(3)34-22-19(12)21(31)29-20(30-22)13(2)33-23(32)17-9-4-5-10-18(17)28-16-8-6-7-15(11-16)24(25,26)27/h4-11,13,28H,1-3H3,(H,29,30,31)/t13-/m0/s1. The summed E-state index contributed by atoms with van der Waals surface area (Å²) in [6.45, 7) is 5.33. The summed E-state index contributed by atoms with van der Waals surface area (Å²) in [5.41, 5.74) is 0.313. The van der Waals surface area contributed by atoms with Crippen LogP contribution in [0.2, 0.25) is 0 Å². The number of H-pyrrole nitrogens is 1. The van der Waals surface area contributed by atoms with E-state index in [2.05, 4.69) is 15.3 Å². The van der Waals surface area contributed by atoms with Crippen molar-refractivity contribution in [1.29, 1.82) is 0 Å². The lowest BCUT2D eigenvalue weighted by atomic mass is 10.1. The van der Waals surface area contributed by atoms with Crippen LogP contribution in [-0.4, -0.2) is 15.9 Å². The first-order valence-corrected chi connectivity index (χ1v) is 11.1. The average molecular weight is 488 g/mol. The Balaban J connectivity index is 1.58. The van der Waals surface area contributed by atoms with Crippen LogP contribution in [0.1, 0.15) is 45.2 Å². The number of halogens is 3. The lowest BCUT2D eigenvalue weighted by Gasteiger charge is -2.16. The van der Waals surface area contributed by atoms with Gasteiger partial charge in [0.25, 0.3) is 5.56 Å². The predicted molar refractivity (Wildman–Crippen MR) is 125 cm³/mol. The zero-order valence-electron chi connectivity index (χ0n) is 18.4. The molecule has 0 amide bonds. The highest BCUT2D eigenvalue weighted by molar-refractivity contribution is 7.18. The van der Waals surface area contributed by atoms with Crippen LogP contribution in [0.25, 0.3) is 10.2 Å². The van der Waals surface area contributed by atoms with Crippen LogP contribution in [0.5, 0.6) is 0 Å². The van der Waals surface area contributed by atoms with Crippen LogP contribution in [0.4, 0.5) is 24.5 Å². The Hall–Kier alpha value is -3.66. The Morgan fingerprint density at radius 3 is 2.62 bits per heavy atom. The monoisotopic (exact) mass is 487 g/mol. The van der Waals surface area contributed by atoms with Gasteiger partial charge in [0.05, 0.1) is 22.2 Å². The van der Waals surface area contributed by atoms with Gasteiger partial charge in [0.15, 0.2) is 11.9 Å². The Labute approximate surface area is 196 Å². The fourth-order valence-corrected chi connectivity index (χ4v) is 4.48. The molecular formula is C24H20F3N3O3S. The third-order valence-corrected chi connectivity index (χ3v) is 6.44. The average Bonchev–Trinajstić information content (AvgIpc) is 3.07. The minimum atomic E-state index is -4.49. The van der Waals surface area contributed by atoms with Gasteiger partial charge in [-0.3, -0.25) is 4.79 Å². The molecule has 2 heterocycles. The molecule has 0 aliphatic carbocycles. The number of alkyl halides is 3. The Morgan fingerprint density at radius 1 is 1.15 bits per heavy atom. The van der Waals surface area contributed by atoms with Crippen molar-refractivity contribution in [3.05, 3.63) is 86.3 Å². The summed E-state index contributed by atoms with van der Waals surface area (Å²) in [5, 5.41) is 3.36. The summed E-state index contributed by atoms with van der Waals surface area (Å²) in [7, 11) is 0. The topological polar surface area (TPSA) is 84.1 Å². The number of hydrogen-bond acceptors (Lipinski definition) is 6. The van der Waals surface area contributed by atoms with E-state index >= 15 is 0 Å². The third-order valence-electron chi connectivity index (χ3n) is 5.34. The molecule has 0 unspecified atom stereocenters. The van der Waals surface area contributed by atoms with Gasteiger partial charge in [-0.2, -0.15) is 13.2 Å². The highest BCUT2D eigenvalue weighted by Gasteiger charge is 2.30. The normalized spacial score (nSPS) is 12.5. The lowest BCUT2D eigenvalue weighted by Crippen LogP contribution is -2.17. The number of para-hydroxylation sites is 1. The van der Waals surface area contributed by atoms with Crippen molar-refractivity contribution < 1.29 is 22.7 Å². The summed E-state index contributed by atoms with van der Waals surface area (Å²) >= 11 is 1.38. The lowest BCUT2D eigenvalue weighted by molar-refractivity contribution is -0.137. The molecule has 0 aliphatic heterocycles. The molecule has 10 heteroatoms. The minimum absolute atomic E-state index is 0.123. The van der Waals surface area contributed by atoms with E-state index in [1.165, 1.54) is 29.5 Å². The molecule has 0 radical (unpaired) electrons. The molecule has 4 rings (SSSR count). The molecular weight excluding hydrogens is 467 g/mol. The van der Waals surface area contributed by atoms with Crippen LogP contribution in [0, 0.1) is 13.8 Å². The smallest absolute Gasteiger partial charge is 0.416 e. The quantitative estimate of drug-likeness (QED) is 0.324. The van der Waals surface area contributed by atoms with E-state index in [0.717, 1.165) is 22.6 Å². The number of carbonyl (C=O) groups excluding carboxylic acids is 1. The molecule has 0 aliphatic rings. The van der Waals surface area contributed by atoms with Crippen molar-refractivity contribution in [3.8, 4) is 0 Å². The largest absolute Gasteiger partial charge is 0.451 e. The zero-order chi connectivity index (χ0) is 24.6. The summed E-state index contributed by atoms with van der Waals surface area (Å²) in [4.78, 5) is 34.1. The maximum absolute atomic E-state index is 13.0. The van der Waals surface area contributed by atoms with Crippen molar-refractivity contribution in [1.82, 2.24) is 9.97 Å². The van der Waals surface area contributed by atoms with Crippen LogP contribution in [0.3, 0.4) is 0 Å². The number of carbonyl (C=O) groups is 1. The predicted octanol–water partition coefficient (Wildman–Crippen LogP) is 6.28. The van der Waals surface area contributed by atoms with E-state index in [1.54, 1.807) is 25.1 Å². The second-order valence-electron chi connectivity index (χ2n) is 7.71. The number of aromatic nitrogens is 2. The van der Waals surface area contributed by atoms with Gasteiger partial charge >= 0.3 is 12.1 Å². The molecule has 0 bridgehead atoms. The molecule has 0 saturated carbocycles. The number of nitrogens with zero attached hydrogens (tertiary/aromatic N) is 1. The molecule has 34 heavy (non-hydrogen) atoms. The van der Waals surface area contributed by atoms with Crippen molar-refractivity contribution in [2.75, 3.05) is 5.32 Å². The zero-order valence-corrected chi connectivity index (χ0v) is 19.2. The van der Waals surface area contributed by atoms with Gasteiger partial charge in [-0.1, -0.05) is 18.2 Å². The molecule has 1 atom stereocenters. The molecule has 2 N–H and O–H groups in total. The number of anilines is 2. The van der Waals surface area contributed by atoms with Gasteiger partial charge in [-0.15, -0.1) is 11.3 Å². The third kappa shape index (κ3) is 4.67. The number of aryl methyl sites for hydroxylation is 2. The van der Waals surface area contributed by atoms with Gasteiger partial charge in [0.1, 0.15) is 4.83 Å². The van der Waals surface area contributed by atoms with E-state index in [1.807, 2.05) is 13.8 Å². The fourth-order valence-electron chi connectivity index (χ4n) is 3.44. The van der Waals surface area contributed by atoms with E-state index in [-0.39, 0.29) is 28.3 Å². The van der Waals surface area contributed by atoms with Crippen LogP contribution >= 0.6 is 11.3 Å². The van der Waals surface area contributed by atoms with Crippen molar-refractivity contribution >= 4 is 38.9 Å². The number of rotatable bonds is 5. The highest BCUT2D eigenvalue weighted by atomic mass is 32.1. The van der Waals surface area contributed by atoms with Gasteiger partial charge in [-0.25, -0.2) is 9.78 Å². The van der Waals surface area contributed by atoms with Crippen molar-refractivity contribution in [2.45, 2.75) is 33.1 Å². The second kappa shape index (κ2) is 8.94. The van der Waals surface area contributed by atoms with E-state index in [0.29, 0.717) is 10.2 Å². The molecule has 0 fully saturated rings. The van der Waals surface area contributed by atoms with E-state index in [4.69, 9.17) is 4.74 Å². The van der Waals surface area contributed by atoms with Gasteiger partial charge in [0, 0.05) is 10.6 Å². The maximum atomic E-state index is 13.0. The number of benzene rings is 2. The summed E-state index contributed by atoms with van der Waals surface area (Å²) in [6.07, 6.45) is -5.36. The summed E-state index contributed by atoms with van der Waals surface area (Å²) in [6, 6.07) is 11.0. The molecule has 2 aromatic carbocycles. The van der Waals surface area contributed by atoms with Crippen LogP contribution in [-0.2, 0) is 10.9 Å². The van der Waals surface area contributed by atoms with Crippen molar-refractivity contribution in [3.63, 3.8) is 0 Å². The van der Waals surface area contributed by atoms with Gasteiger partial charge in [-0.05, 0) is 56.7 Å². The number of hydrogen-bond donors (Lipinski definition) is 2. The molecule has 6 nitrogen and oxygen atoms in total. The number of fused-ring (bicyclic) bond motifs is 1. The number of esters is 1. The van der Waals surface area contributed by atoms with Crippen molar-refractivity contribution in [2.24, 2.45) is 0 Å². The number of ether oxygens (including phenoxy) is 1. The number of aromatic amines is 1. The molecule has 176 valence electrons. The summed E-state index contributed by atoms with van der Waals surface area (Å²) in [5.74, 6) is -0.515. The first kappa shape index (κ1) is 23.5. The Bertz CT molecular complexity index is 1440. The molecule has 2 aromatic heterocycles. The minimum Gasteiger partial charge on any atom is -0.451 e. The molecule has 0 spiro atoms. The highest BCUT2D eigenvalue weighted by Crippen LogP contribution is 2.32. The van der Waals surface area contributed by atoms with E-state index < -0.39 is 23.8 Å². The fraction of sp³-hybridized carbons (Fsp3) is 0.208. The molecule has 4 aromatic rings. The number of thiophene rings is 1. The second-order valence-corrected chi connectivity index (χ2v) is 8.91. The first-order valence-electron chi connectivity index (χ1n) is 10.3. The Morgan fingerprint density at radius 2 is 1.88 bits per heavy atom. The Kier molecular flexibility index (Phi) is 6.18. The van der Waals surface area contributed by atoms with Crippen LogP contribution < -0.4 is 10.9 Å². The van der Waals surface area contributed by atoms with E-state index in [9.17, 15) is 22.8 Å². The first-order chi connectivity index (χ1) is 16.0. The molecule has 0 saturated heterocycles. The van der Waals surface area contributed by atoms with Gasteiger partial charge in [0.2, 0.25) is 0 Å². The maximum Gasteiger partial charge on any atom is 0.416 e.